The van der Waals surface area contributed by atoms with Crippen LogP contribution in [0.2, 0.25) is 0 Å². The Labute approximate surface area is 168 Å². The number of aliphatic hydroxyl groups excluding tert-OH is 1. The molecule has 30 heavy (non-hydrogen) atoms. The van der Waals surface area contributed by atoms with Gasteiger partial charge in [-0.1, -0.05) is 0 Å². The monoisotopic (exact) mass is 441 g/mol. The Bertz CT molecular complexity index is 1220. The Morgan fingerprint density at radius 2 is 2.17 bits per heavy atom. The van der Waals surface area contributed by atoms with Gasteiger partial charge in [0.15, 0.2) is 6.23 Å². The SMILES string of the molecule is CNc1cc2c(=O)[nH]ncc3nn([C@@H]4O[C@H](COP(=O)(O)O)[C@@H](O)[C@@]4(C)O)cc1c32. The van der Waals surface area contributed by atoms with E-state index in [2.05, 4.69) is 25.1 Å². The van der Waals surface area contributed by atoms with Crippen LogP contribution in [0.4, 0.5) is 5.69 Å². The van der Waals surface area contributed by atoms with Crippen LogP contribution in [-0.2, 0) is 13.8 Å². The van der Waals surface area contributed by atoms with Crippen molar-refractivity contribution >= 4 is 35.2 Å². The van der Waals surface area contributed by atoms with E-state index >= 15 is 0 Å². The van der Waals surface area contributed by atoms with E-state index in [1.807, 2.05) is 0 Å². The van der Waals surface area contributed by atoms with Crippen molar-refractivity contribution in [2.45, 2.75) is 31.0 Å². The maximum atomic E-state index is 12.2. The van der Waals surface area contributed by atoms with Gasteiger partial charge in [0.05, 0.1) is 18.2 Å². The predicted octanol–water partition coefficient (Wildman–Crippen LogP) is -0.567. The number of aromatic amines is 1. The summed E-state index contributed by atoms with van der Waals surface area (Å²) < 4.78 is 22.3. The second kappa shape index (κ2) is 7.10. The van der Waals surface area contributed by atoms with Gasteiger partial charge in [-0.3, -0.25) is 9.32 Å². The molecule has 14 heteroatoms. The number of hydrogen-bond acceptors (Lipinski definition) is 9. The van der Waals surface area contributed by atoms with E-state index in [1.54, 1.807) is 19.3 Å². The number of rotatable bonds is 5. The Hall–Kier alpha value is -2.38. The van der Waals surface area contributed by atoms with Gasteiger partial charge in [-0.25, -0.2) is 14.3 Å². The standard InChI is InChI=1S/C16H20N5O8P/c1-16(24)13(22)11(6-28-30(25,26)27)29-15(16)21-5-8-9(17-2)3-7-12(8)10(20-21)4-18-19-14(7)23/h3-5,11,13,15,17,22,24H,6H2,1-2H3,(H,19,23)(H2,25,26,27)/t11-,13-,15-,16-/m1/s1. The molecular formula is C16H20N5O8P. The smallest absolute Gasteiger partial charge is 0.388 e. The van der Waals surface area contributed by atoms with E-state index in [4.69, 9.17) is 14.5 Å². The van der Waals surface area contributed by atoms with Crippen molar-refractivity contribution in [3.05, 3.63) is 28.8 Å². The Morgan fingerprint density at radius 1 is 1.43 bits per heavy atom. The first-order valence-electron chi connectivity index (χ1n) is 8.86. The van der Waals surface area contributed by atoms with E-state index in [0.29, 0.717) is 27.4 Å². The minimum Gasteiger partial charge on any atom is -0.388 e. The largest absolute Gasteiger partial charge is 0.469 e. The minimum atomic E-state index is -4.79. The summed E-state index contributed by atoms with van der Waals surface area (Å²) in [6, 6.07) is 1.64. The van der Waals surface area contributed by atoms with Crippen molar-refractivity contribution in [2.75, 3.05) is 19.0 Å². The molecule has 0 amide bonds. The molecule has 4 rings (SSSR count). The molecule has 3 heterocycles. The number of anilines is 1. The van der Waals surface area contributed by atoms with Crippen molar-refractivity contribution in [1.82, 2.24) is 20.0 Å². The van der Waals surface area contributed by atoms with Gasteiger partial charge in [0.25, 0.3) is 5.56 Å². The van der Waals surface area contributed by atoms with Gasteiger partial charge in [-0.2, -0.15) is 10.2 Å². The van der Waals surface area contributed by atoms with Crippen LogP contribution in [-0.4, -0.2) is 71.4 Å². The van der Waals surface area contributed by atoms with Crippen LogP contribution in [0, 0.1) is 0 Å². The number of phosphoric acid groups is 1. The lowest BCUT2D eigenvalue weighted by Gasteiger charge is -2.27. The molecule has 1 saturated heterocycles. The van der Waals surface area contributed by atoms with Crippen molar-refractivity contribution in [3.63, 3.8) is 0 Å². The molecule has 1 aliphatic heterocycles. The molecule has 4 atom stereocenters. The molecule has 2 aromatic heterocycles. The maximum absolute atomic E-state index is 12.2. The lowest BCUT2D eigenvalue weighted by Crippen LogP contribution is -2.44. The number of ether oxygens (including phenoxy) is 1. The molecule has 1 aromatic carbocycles. The van der Waals surface area contributed by atoms with E-state index in [-0.39, 0.29) is 0 Å². The third kappa shape index (κ3) is 3.40. The van der Waals surface area contributed by atoms with Crippen LogP contribution < -0.4 is 10.9 Å². The highest BCUT2D eigenvalue weighted by Gasteiger charge is 2.53. The van der Waals surface area contributed by atoms with Gasteiger partial charge in [0.2, 0.25) is 0 Å². The normalized spacial score (nSPS) is 27.2. The van der Waals surface area contributed by atoms with Crippen LogP contribution in [0.5, 0.6) is 0 Å². The van der Waals surface area contributed by atoms with Crippen molar-refractivity contribution in [3.8, 4) is 0 Å². The number of phosphoric ester groups is 1. The second-order valence-corrected chi connectivity index (χ2v) is 8.43. The zero-order valence-electron chi connectivity index (χ0n) is 15.9. The number of aromatic nitrogens is 4. The number of nitrogens with one attached hydrogen (secondary N) is 2. The third-order valence-corrected chi connectivity index (χ3v) is 5.61. The summed E-state index contributed by atoms with van der Waals surface area (Å²) in [5, 5.41) is 36.4. The number of hydrogen-bond donors (Lipinski definition) is 6. The van der Waals surface area contributed by atoms with Gasteiger partial charge >= 0.3 is 7.82 Å². The summed E-state index contributed by atoms with van der Waals surface area (Å²) in [6.45, 7) is 0.668. The van der Waals surface area contributed by atoms with Crippen LogP contribution >= 0.6 is 7.82 Å². The van der Waals surface area contributed by atoms with E-state index in [9.17, 15) is 19.6 Å². The van der Waals surface area contributed by atoms with Gasteiger partial charge in [-0.15, -0.1) is 0 Å². The molecule has 1 aliphatic rings. The van der Waals surface area contributed by atoms with Crippen LogP contribution in [0.15, 0.2) is 23.3 Å². The number of aliphatic hydroxyl groups is 2. The van der Waals surface area contributed by atoms with E-state index in [0.717, 1.165) is 0 Å². The average molecular weight is 441 g/mol. The van der Waals surface area contributed by atoms with Gasteiger partial charge in [-0.05, 0) is 13.0 Å². The molecule has 6 N–H and O–H groups in total. The summed E-state index contributed by atoms with van der Waals surface area (Å²) in [5.74, 6) is 0. The summed E-state index contributed by atoms with van der Waals surface area (Å²) in [4.78, 5) is 30.0. The van der Waals surface area contributed by atoms with E-state index < -0.39 is 44.0 Å². The zero-order chi connectivity index (χ0) is 21.8. The average Bonchev–Trinajstić information content (AvgIpc) is 3.08. The summed E-state index contributed by atoms with van der Waals surface area (Å²) in [5.41, 5.74) is -1.31. The Balaban J connectivity index is 1.82. The summed E-state index contributed by atoms with van der Waals surface area (Å²) in [7, 11) is -3.11. The molecular weight excluding hydrogens is 421 g/mol. The highest BCUT2D eigenvalue weighted by Crippen LogP contribution is 2.42. The minimum absolute atomic E-state index is 0.325. The first-order valence-corrected chi connectivity index (χ1v) is 10.4. The van der Waals surface area contributed by atoms with Gasteiger partial charge < -0.3 is 30.1 Å². The number of H-pyrrole nitrogens is 1. The van der Waals surface area contributed by atoms with Crippen LogP contribution in [0.3, 0.4) is 0 Å². The van der Waals surface area contributed by atoms with Crippen molar-refractivity contribution in [2.24, 2.45) is 0 Å². The topological polar surface area (TPSA) is 192 Å². The Kier molecular flexibility index (Phi) is 4.94. The quantitative estimate of drug-likeness (QED) is 0.278. The third-order valence-electron chi connectivity index (χ3n) is 5.13. The molecule has 1 fully saturated rings. The van der Waals surface area contributed by atoms with Gasteiger partial charge in [0.1, 0.15) is 23.3 Å². The van der Waals surface area contributed by atoms with Crippen LogP contribution in [0.25, 0.3) is 21.7 Å². The van der Waals surface area contributed by atoms with E-state index in [1.165, 1.54) is 17.8 Å². The lowest BCUT2D eigenvalue weighted by molar-refractivity contribution is -0.102. The van der Waals surface area contributed by atoms with Crippen molar-refractivity contribution < 1.29 is 33.8 Å². The summed E-state index contributed by atoms with van der Waals surface area (Å²) in [6.07, 6.45) is -1.08. The highest BCUT2D eigenvalue weighted by atomic mass is 31.2. The molecule has 0 unspecified atom stereocenters. The maximum Gasteiger partial charge on any atom is 0.469 e. The molecule has 0 saturated carbocycles. The Morgan fingerprint density at radius 3 is 2.83 bits per heavy atom. The first kappa shape index (κ1) is 20.9. The summed E-state index contributed by atoms with van der Waals surface area (Å²) >= 11 is 0. The zero-order valence-corrected chi connectivity index (χ0v) is 16.8. The highest BCUT2D eigenvalue weighted by molar-refractivity contribution is 7.46. The first-order chi connectivity index (χ1) is 14.0. The fraction of sp³-hybridized carbons (Fsp3) is 0.438. The molecule has 3 aromatic rings. The molecule has 162 valence electrons. The predicted molar refractivity (Wildman–Crippen MR) is 104 cm³/mol. The second-order valence-electron chi connectivity index (χ2n) is 7.19. The fourth-order valence-electron chi connectivity index (χ4n) is 3.66. The molecule has 13 nitrogen and oxygen atoms in total. The molecule has 0 radical (unpaired) electrons. The van der Waals surface area contributed by atoms with Crippen LogP contribution in [0.1, 0.15) is 13.2 Å². The van der Waals surface area contributed by atoms with Gasteiger partial charge in [0, 0.05) is 29.7 Å². The fourth-order valence-corrected chi connectivity index (χ4v) is 4.00. The molecule has 0 aliphatic carbocycles. The molecule has 0 bridgehead atoms. The van der Waals surface area contributed by atoms with Crippen molar-refractivity contribution in [1.29, 1.82) is 0 Å². The molecule has 0 spiro atoms. The number of nitrogens with zero attached hydrogens (tertiary/aromatic N) is 3. The lowest BCUT2D eigenvalue weighted by atomic mass is 9.97.